The van der Waals surface area contributed by atoms with Crippen molar-refractivity contribution < 1.29 is 4.92 Å². The second-order valence-electron chi connectivity index (χ2n) is 3.98. The fourth-order valence-corrected chi connectivity index (χ4v) is 1.82. The van der Waals surface area contributed by atoms with E-state index in [0.29, 0.717) is 12.2 Å². The zero-order chi connectivity index (χ0) is 13.8. The normalized spacial score (nSPS) is 10.4. The van der Waals surface area contributed by atoms with Gasteiger partial charge >= 0.3 is 0 Å². The van der Waals surface area contributed by atoms with E-state index in [4.69, 9.17) is 11.6 Å². The maximum Gasteiger partial charge on any atom is 0.289 e. The number of anilines is 1. The molecule has 0 saturated carbocycles. The van der Waals surface area contributed by atoms with Crippen LogP contribution in [0.1, 0.15) is 12.5 Å². The lowest BCUT2D eigenvalue weighted by Gasteiger charge is -2.05. The lowest BCUT2D eigenvalue weighted by atomic mass is 10.2. The Morgan fingerprint density at radius 3 is 2.95 bits per heavy atom. The van der Waals surface area contributed by atoms with Gasteiger partial charge in [-0.25, -0.2) is 0 Å². The van der Waals surface area contributed by atoms with Gasteiger partial charge in [0.25, 0.3) is 5.69 Å². The van der Waals surface area contributed by atoms with Gasteiger partial charge in [-0.3, -0.25) is 14.8 Å². The number of aryl methyl sites for hydroxylation is 1. The molecule has 1 aromatic carbocycles. The van der Waals surface area contributed by atoms with Crippen molar-refractivity contribution in [1.82, 2.24) is 9.78 Å². The second-order valence-corrected chi connectivity index (χ2v) is 4.39. The van der Waals surface area contributed by atoms with Crippen LogP contribution in [-0.4, -0.2) is 14.7 Å². The van der Waals surface area contributed by atoms with Crippen molar-refractivity contribution in [3.63, 3.8) is 0 Å². The van der Waals surface area contributed by atoms with Crippen LogP contribution in [0.3, 0.4) is 0 Å². The first-order valence-electron chi connectivity index (χ1n) is 5.79. The quantitative estimate of drug-likeness (QED) is 0.675. The first kappa shape index (κ1) is 13.4. The molecular formula is C12H13ClN4O2. The van der Waals surface area contributed by atoms with Crippen molar-refractivity contribution in [3.8, 4) is 0 Å². The summed E-state index contributed by atoms with van der Waals surface area (Å²) in [7, 11) is 0. The largest absolute Gasteiger partial charge is 0.381 e. The number of nitro benzene ring substituents is 1. The monoisotopic (exact) mass is 280 g/mol. The van der Waals surface area contributed by atoms with Crippen LogP contribution in [-0.2, 0) is 13.1 Å². The predicted molar refractivity (Wildman–Crippen MR) is 73.3 cm³/mol. The lowest BCUT2D eigenvalue weighted by Crippen LogP contribution is -1.99. The third-order valence-corrected chi connectivity index (χ3v) is 2.97. The van der Waals surface area contributed by atoms with Gasteiger partial charge in [-0.05, 0) is 19.1 Å². The molecule has 2 rings (SSSR count). The molecule has 0 bridgehead atoms. The molecule has 0 aliphatic carbocycles. The Bertz CT molecular complexity index is 597. The molecule has 0 aliphatic rings. The Balaban J connectivity index is 2.07. The smallest absolute Gasteiger partial charge is 0.289 e. The van der Waals surface area contributed by atoms with Crippen LogP contribution in [0.15, 0.2) is 30.6 Å². The number of nitrogens with zero attached hydrogens (tertiary/aromatic N) is 3. The fourth-order valence-electron chi connectivity index (χ4n) is 1.64. The maximum absolute atomic E-state index is 10.8. The third kappa shape index (κ3) is 3.23. The van der Waals surface area contributed by atoms with Crippen molar-refractivity contribution >= 4 is 23.0 Å². The third-order valence-electron chi connectivity index (χ3n) is 2.65. The van der Waals surface area contributed by atoms with E-state index in [-0.39, 0.29) is 10.7 Å². The van der Waals surface area contributed by atoms with E-state index in [1.807, 2.05) is 17.8 Å². The first-order chi connectivity index (χ1) is 9.10. The van der Waals surface area contributed by atoms with Gasteiger partial charge in [0.2, 0.25) is 0 Å². The second kappa shape index (κ2) is 5.71. The molecule has 1 N–H and O–H groups in total. The minimum atomic E-state index is -0.497. The van der Waals surface area contributed by atoms with E-state index in [2.05, 4.69) is 10.4 Å². The van der Waals surface area contributed by atoms with Gasteiger partial charge in [0.1, 0.15) is 5.02 Å². The summed E-state index contributed by atoms with van der Waals surface area (Å²) in [4.78, 5) is 10.3. The zero-order valence-corrected chi connectivity index (χ0v) is 11.1. The average Bonchev–Trinajstić information content (AvgIpc) is 2.85. The van der Waals surface area contributed by atoms with Crippen LogP contribution in [0.4, 0.5) is 11.4 Å². The SMILES string of the molecule is CCn1cc(CNc2ccc(Cl)c([N+](=O)[O-])c2)cn1. The van der Waals surface area contributed by atoms with Gasteiger partial charge in [-0.15, -0.1) is 0 Å². The highest BCUT2D eigenvalue weighted by Crippen LogP contribution is 2.27. The Morgan fingerprint density at radius 1 is 1.53 bits per heavy atom. The van der Waals surface area contributed by atoms with Crippen LogP contribution in [0.2, 0.25) is 5.02 Å². The van der Waals surface area contributed by atoms with E-state index in [1.165, 1.54) is 12.1 Å². The number of benzene rings is 1. The van der Waals surface area contributed by atoms with E-state index in [9.17, 15) is 10.1 Å². The molecule has 100 valence electrons. The minimum absolute atomic E-state index is 0.101. The highest BCUT2D eigenvalue weighted by molar-refractivity contribution is 6.32. The summed E-state index contributed by atoms with van der Waals surface area (Å²) in [5, 5.41) is 18.2. The predicted octanol–water partition coefficient (Wildman–Crippen LogP) is 3.08. The molecule has 0 atom stereocenters. The number of nitro groups is 1. The Kier molecular flexibility index (Phi) is 4.01. The summed E-state index contributed by atoms with van der Waals surface area (Å²) in [6, 6.07) is 4.64. The Labute approximate surface area is 115 Å². The Morgan fingerprint density at radius 2 is 2.32 bits per heavy atom. The Hall–Kier alpha value is -2.08. The van der Waals surface area contributed by atoms with E-state index in [1.54, 1.807) is 12.3 Å². The van der Waals surface area contributed by atoms with Gasteiger partial charge in [0, 0.05) is 36.6 Å². The molecule has 0 aliphatic heterocycles. The van der Waals surface area contributed by atoms with Crippen LogP contribution in [0.25, 0.3) is 0 Å². The number of hydrogen-bond acceptors (Lipinski definition) is 4. The van der Waals surface area contributed by atoms with Crippen LogP contribution < -0.4 is 5.32 Å². The molecule has 0 amide bonds. The van der Waals surface area contributed by atoms with Gasteiger partial charge < -0.3 is 5.32 Å². The highest BCUT2D eigenvalue weighted by atomic mass is 35.5. The molecule has 6 nitrogen and oxygen atoms in total. The molecule has 7 heteroatoms. The standard InChI is InChI=1S/C12H13ClN4O2/c1-2-16-8-9(7-15-16)6-14-10-3-4-11(13)12(5-10)17(18)19/h3-5,7-8,14H,2,6H2,1H3. The van der Waals surface area contributed by atoms with E-state index < -0.39 is 4.92 Å². The molecule has 0 unspecified atom stereocenters. The summed E-state index contributed by atoms with van der Waals surface area (Å²) < 4.78 is 1.82. The summed E-state index contributed by atoms with van der Waals surface area (Å²) >= 11 is 5.75. The minimum Gasteiger partial charge on any atom is -0.381 e. The molecular weight excluding hydrogens is 268 g/mol. The summed E-state index contributed by atoms with van der Waals surface area (Å²) in [5.41, 5.74) is 1.57. The van der Waals surface area contributed by atoms with E-state index >= 15 is 0 Å². The molecule has 0 spiro atoms. The number of rotatable bonds is 5. The van der Waals surface area contributed by atoms with Crippen molar-refractivity contribution in [2.75, 3.05) is 5.32 Å². The van der Waals surface area contributed by atoms with Crippen LogP contribution in [0, 0.1) is 10.1 Å². The van der Waals surface area contributed by atoms with Gasteiger partial charge in [-0.1, -0.05) is 11.6 Å². The highest BCUT2D eigenvalue weighted by Gasteiger charge is 2.12. The van der Waals surface area contributed by atoms with Crippen molar-refractivity contribution in [3.05, 3.63) is 51.3 Å². The van der Waals surface area contributed by atoms with E-state index in [0.717, 1.165) is 12.1 Å². The first-order valence-corrected chi connectivity index (χ1v) is 6.17. The van der Waals surface area contributed by atoms with Crippen LogP contribution >= 0.6 is 11.6 Å². The molecule has 0 radical (unpaired) electrons. The maximum atomic E-state index is 10.8. The fraction of sp³-hybridized carbons (Fsp3) is 0.250. The summed E-state index contributed by atoms with van der Waals surface area (Å²) in [6.45, 7) is 3.37. The summed E-state index contributed by atoms with van der Waals surface area (Å²) in [6.07, 6.45) is 3.69. The molecule has 0 fully saturated rings. The van der Waals surface area contributed by atoms with Crippen molar-refractivity contribution in [2.45, 2.75) is 20.0 Å². The van der Waals surface area contributed by atoms with Crippen molar-refractivity contribution in [2.24, 2.45) is 0 Å². The number of nitrogens with one attached hydrogen (secondary N) is 1. The van der Waals surface area contributed by atoms with Gasteiger partial charge in [-0.2, -0.15) is 5.10 Å². The molecule has 0 saturated heterocycles. The molecule has 1 aromatic heterocycles. The van der Waals surface area contributed by atoms with Crippen molar-refractivity contribution in [1.29, 1.82) is 0 Å². The molecule has 1 heterocycles. The number of halogens is 1. The zero-order valence-electron chi connectivity index (χ0n) is 10.3. The molecule has 2 aromatic rings. The average molecular weight is 281 g/mol. The van der Waals surface area contributed by atoms with Gasteiger partial charge in [0.05, 0.1) is 11.1 Å². The lowest BCUT2D eigenvalue weighted by molar-refractivity contribution is -0.384. The number of aromatic nitrogens is 2. The topological polar surface area (TPSA) is 73.0 Å². The summed E-state index contributed by atoms with van der Waals surface area (Å²) in [5.74, 6) is 0. The number of hydrogen-bond donors (Lipinski definition) is 1. The molecule has 19 heavy (non-hydrogen) atoms. The van der Waals surface area contributed by atoms with Gasteiger partial charge in [0.15, 0.2) is 0 Å². The van der Waals surface area contributed by atoms with Crippen LogP contribution in [0.5, 0.6) is 0 Å².